The number of halogens is 1. The van der Waals surface area contributed by atoms with E-state index in [2.05, 4.69) is 10.6 Å². The van der Waals surface area contributed by atoms with Gasteiger partial charge in [-0.2, -0.15) is 0 Å². The Hall–Kier alpha value is -2.90. The Labute approximate surface area is 175 Å². The van der Waals surface area contributed by atoms with E-state index in [-0.39, 0.29) is 37.4 Å². The van der Waals surface area contributed by atoms with Crippen molar-refractivity contribution in [3.63, 3.8) is 0 Å². The van der Waals surface area contributed by atoms with Crippen molar-refractivity contribution in [1.29, 1.82) is 0 Å². The van der Waals surface area contributed by atoms with Crippen LogP contribution in [0.25, 0.3) is 0 Å². The molecule has 154 valence electrons. The molecular weight excluding hydrogens is 392 g/mol. The van der Waals surface area contributed by atoms with Crippen molar-refractivity contribution < 1.29 is 19.3 Å². The van der Waals surface area contributed by atoms with Gasteiger partial charge in [0.2, 0.25) is 5.91 Å². The van der Waals surface area contributed by atoms with Crippen LogP contribution in [-0.4, -0.2) is 56.4 Å². The van der Waals surface area contributed by atoms with Crippen LogP contribution in [0.1, 0.15) is 5.56 Å². The summed E-state index contributed by atoms with van der Waals surface area (Å²) >= 11 is 6.02. The highest BCUT2D eigenvalue weighted by molar-refractivity contribution is 6.33. The summed E-state index contributed by atoms with van der Waals surface area (Å²) in [6.07, 6.45) is 0. The van der Waals surface area contributed by atoms with Crippen LogP contribution >= 0.6 is 11.6 Å². The number of nitrogens with one attached hydrogen (secondary N) is 3. The van der Waals surface area contributed by atoms with Gasteiger partial charge in [0.15, 0.2) is 13.1 Å². The summed E-state index contributed by atoms with van der Waals surface area (Å²) < 4.78 is 0. The topological polar surface area (TPSA) is 83.0 Å². The lowest BCUT2D eigenvalue weighted by Crippen LogP contribution is -3.11. The highest BCUT2D eigenvalue weighted by Gasteiger charge is 2.19. The molecule has 29 heavy (non-hydrogen) atoms. The smallest absolute Gasteiger partial charge is 0.279 e. The molecule has 2 rings (SSSR count). The van der Waals surface area contributed by atoms with Gasteiger partial charge in [0.05, 0.1) is 24.3 Å². The zero-order valence-corrected chi connectivity index (χ0v) is 17.5. The number of aryl methyl sites for hydroxylation is 1. The third-order valence-corrected chi connectivity index (χ3v) is 4.53. The molecule has 0 saturated carbocycles. The Morgan fingerprint density at radius 2 is 1.62 bits per heavy atom. The predicted octanol–water partition coefficient (Wildman–Crippen LogP) is 1.20. The van der Waals surface area contributed by atoms with Crippen molar-refractivity contribution >= 4 is 40.7 Å². The number of benzene rings is 2. The molecule has 0 aliphatic rings. The molecular formula is C21H26ClN4O3+. The number of hydrogen-bond donors (Lipinski definition) is 3. The zero-order valence-electron chi connectivity index (χ0n) is 16.8. The quantitative estimate of drug-likeness (QED) is 0.603. The molecule has 0 radical (unpaired) electrons. The van der Waals surface area contributed by atoms with E-state index in [1.807, 2.05) is 31.2 Å². The molecule has 0 spiro atoms. The van der Waals surface area contributed by atoms with E-state index in [0.717, 1.165) is 5.56 Å². The lowest BCUT2D eigenvalue weighted by molar-refractivity contribution is -0.862. The summed E-state index contributed by atoms with van der Waals surface area (Å²) in [6.45, 7) is 2.09. The highest BCUT2D eigenvalue weighted by atomic mass is 35.5. The van der Waals surface area contributed by atoms with Crippen LogP contribution in [-0.2, 0) is 14.4 Å². The second-order valence-electron chi connectivity index (χ2n) is 7.00. The summed E-state index contributed by atoms with van der Waals surface area (Å²) in [5.41, 5.74) is 2.31. The Balaban J connectivity index is 1.77. The number of anilines is 2. The van der Waals surface area contributed by atoms with Gasteiger partial charge in [0.1, 0.15) is 0 Å². The standard InChI is InChI=1S/C21H25ClN4O3/c1-15-8-10-16(11-9-15)23-20(28)13-26(3)21(29)14-25(2)12-19(27)24-18-7-5-4-6-17(18)22/h4-11H,12-14H2,1-3H3,(H,23,28)(H,24,27)/p+1. The third kappa shape index (κ3) is 7.56. The number of para-hydroxylation sites is 1. The number of nitrogens with zero attached hydrogens (tertiary/aromatic N) is 1. The van der Waals surface area contributed by atoms with Gasteiger partial charge >= 0.3 is 0 Å². The second-order valence-corrected chi connectivity index (χ2v) is 7.41. The molecule has 0 saturated heterocycles. The summed E-state index contributed by atoms with van der Waals surface area (Å²) in [5.74, 6) is -0.755. The highest BCUT2D eigenvalue weighted by Crippen LogP contribution is 2.19. The molecule has 0 heterocycles. The first-order valence-electron chi connectivity index (χ1n) is 9.20. The van der Waals surface area contributed by atoms with Crippen LogP contribution in [0.4, 0.5) is 11.4 Å². The maximum Gasteiger partial charge on any atom is 0.279 e. The van der Waals surface area contributed by atoms with Crippen LogP contribution in [0, 0.1) is 6.92 Å². The molecule has 8 heteroatoms. The van der Waals surface area contributed by atoms with Crippen LogP contribution in [0.5, 0.6) is 0 Å². The van der Waals surface area contributed by atoms with E-state index in [1.165, 1.54) is 4.90 Å². The molecule has 0 fully saturated rings. The van der Waals surface area contributed by atoms with Gasteiger partial charge in [-0.3, -0.25) is 14.4 Å². The van der Waals surface area contributed by atoms with Crippen molar-refractivity contribution in [2.24, 2.45) is 0 Å². The van der Waals surface area contributed by atoms with E-state index in [4.69, 9.17) is 11.6 Å². The minimum Gasteiger partial charge on any atom is -0.332 e. The molecule has 3 amide bonds. The molecule has 2 aromatic rings. The van der Waals surface area contributed by atoms with Crippen molar-refractivity contribution in [3.8, 4) is 0 Å². The number of quaternary nitrogens is 1. The normalized spacial score (nSPS) is 11.4. The summed E-state index contributed by atoms with van der Waals surface area (Å²) in [6, 6.07) is 14.4. The van der Waals surface area contributed by atoms with E-state index in [9.17, 15) is 14.4 Å². The van der Waals surface area contributed by atoms with Crippen molar-refractivity contribution in [1.82, 2.24) is 4.90 Å². The minimum absolute atomic E-state index is 0.0637. The van der Waals surface area contributed by atoms with Gasteiger partial charge in [-0.15, -0.1) is 0 Å². The number of carbonyl (C=O) groups is 3. The molecule has 3 N–H and O–H groups in total. The lowest BCUT2D eigenvalue weighted by Gasteiger charge is -2.19. The van der Waals surface area contributed by atoms with Gasteiger partial charge in [0.25, 0.3) is 11.8 Å². The maximum atomic E-state index is 12.4. The number of rotatable bonds is 8. The van der Waals surface area contributed by atoms with Crippen LogP contribution < -0.4 is 15.5 Å². The Bertz CT molecular complexity index is 870. The molecule has 2 aromatic carbocycles. The number of carbonyl (C=O) groups excluding carboxylic acids is 3. The molecule has 7 nitrogen and oxygen atoms in total. The monoisotopic (exact) mass is 417 g/mol. The Kier molecular flexibility index (Phi) is 8.18. The molecule has 0 aliphatic heterocycles. The van der Waals surface area contributed by atoms with Crippen LogP contribution in [0.15, 0.2) is 48.5 Å². The van der Waals surface area contributed by atoms with Gasteiger partial charge in [-0.25, -0.2) is 0 Å². The summed E-state index contributed by atoms with van der Waals surface area (Å²) in [7, 11) is 3.30. The SMILES string of the molecule is Cc1ccc(NC(=O)CN(C)C(=O)C[NH+](C)CC(=O)Nc2ccccc2Cl)cc1. The fourth-order valence-electron chi connectivity index (χ4n) is 2.63. The van der Waals surface area contributed by atoms with Gasteiger partial charge in [0, 0.05) is 12.7 Å². The first kappa shape index (κ1) is 22.4. The summed E-state index contributed by atoms with van der Waals surface area (Å²) in [5, 5.41) is 5.94. The largest absolute Gasteiger partial charge is 0.332 e. The fraction of sp³-hybridized carbons (Fsp3) is 0.286. The first-order valence-corrected chi connectivity index (χ1v) is 9.58. The van der Waals surface area contributed by atoms with E-state index in [1.54, 1.807) is 38.4 Å². The Morgan fingerprint density at radius 3 is 2.28 bits per heavy atom. The van der Waals surface area contributed by atoms with E-state index < -0.39 is 0 Å². The van der Waals surface area contributed by atoms with Gasteiger partial charge < -0.3 is 20.4 Å². The zero-order chi connectivity index (χ0) is 21.4. The predicted molar refractivity (Wildman–Crippen MR) is 114 cm³/mol. The third-order valence-electron chi connectivity index (χ3n) is 4.21. The minimum atomic E-state index is -0.279. The fourth-order valence-corrected chi connectivity index (χ4v) is 2.81. The average Bonchev–Trinajstić information content (AvgIpc) is 2.65. The molecule has 1 unspecified atom stereocenters. The number of hydrogen-bond acceptors (Lipinski definition) is 3. The van der Waals surface area contributed by atoms with Crippen LogP contribution in [0.3, 0.4) is 0 Å². The first-order chi connectivity index (χ1) is 13.7. The lowest BCUT2D eigenvalue weighted by atomic mass is 10.2. The van der Waals surface area contributed by atoms with Crippen molar-refractivity contribution in [3.05, 3.63) is 59.1 Å². The second kappa shape index (κ2) is 10.6. The molecule has 0 bridgehead atoms. The Morgan fingerprint density at radius 1 is 0.966 bits per heavy atom. The number of likely N-dealkylation sites (N-methyl/N-ethyl adjacent to an activating group) is 2. The summed E-state index contributed by atoms with van der Waals surface area (Å²) in [4.78, 5) is 38.7. The molecule has 1 atom stereocenters. The molecule has 0 aliphatic carbocycles. The maximum absolute atomic E-state index is 12.4. The van der Waals surface area contributed by atoms with Gasteiger partial charge in [-0.05, 0) is 31.2 Å². The van der Waals surface area contributed by atoms with E-state index >= 15 is 0 Å². The van der Waals surface area contributed by atoms with Crippen molar-refractivity contribution in [2.75, 3.05) is 44.4 Å². The molecule has 0 aromatic heterocycles. The average molecular weight is 418 g/mol. The van der Waals surface area contributed by atoms with E-state index in [0.29, 0.717) is 21.3 Å². The van der Waals surface area contributed by atoms with Crippen molar-refractivity contribution in [2.45, 2.75) is 6.92 Å². The number of amides is 3. The van der Waals surface area contributed by atoms with Gasteiger partial charge in [-0.1, -0.05) is 41.4 Å². The van der Waals surface area contributed by atoms with Crippen LogP contribution in [0.2, 0.25) is 5.02 Å².